The van der Waals surface area contributed by atoms with Crippen LogP contribution >= 0.6 is 11.6 Å². The highest BCUT2D eigenvalue weighted by atomic mass is 35.5. The van der Waals surface area contributed by atoms with Crippen LogP contribution in [0.5, 0.6) is 0 Å². The molecule has 2 heterocycles. The number of hydrogen-bond acceptors (Lipinski definition) is 2. The standard InChI is InChI=1S/C14H20ClN3O/c1-10-6-13(17-9-11(8-15)7-14(17)19)18(16-10)12-4-2-3-5-12/h6,11-12H,2-5,7-9H2,1H3. The van der Waals surface area contributed by atoms with Gasteiger partial charge in [0, 0.05) is 24.9 Å². The summed E-state index contributed by atoms with van der Waals surface area (Å²) in [6, 6.07) is 2.50. The van der Waals surface area contributed by atoms with Gasteiger partial charge in [0.25, 0.3) is 0 Å². The lowest BCUT2D eigenvalue weighted by Gasteiger charge is -2.21. The predicted molar refractivity (Wildman–Crippen MR) is 75.6 cm³/mol. The maximum atomic E-state index is 12.1. The first kappa shape index (κ1) is 13.0. The zero-order valence-electron chi connectivity index (χ0n) is 11.3. The zero-order chi connectivity index (χ0) is 13.4. The van der Waals surface area contributed by atoms with E-state index in [0.29, 0.717) is 18.3 Å². The van der Waals surface area contributed by atoms with Crippen LogP contribution in [0.4, 0.5) is 5.82 Å². The molecule has 0 bridgehead atoms. The summed E-state index contributed by atoms with van der Waals surface area (Å²) >= 11 is 5.90. The molecule has 5 heteroatoms. The van der Waals surface area contributed by atoms with Gasteiger partial charge in [0.15, 0.2) is 0 Å². The SMILES string of the molecule is Cc1cc(N2CC(CCl)CC2=O)n(C2CCCC2)n1. The van der Waals surface area contributed by atoms with Gasteiger partial charge in [-0.15, -0.1) is 11.6 Å². The third-order valence-corrected chi connectivity index (χ3v) is 4.65. The van der Waals surface area contributed by atoms with Crippen molar-refractivity contribution in [3.63, 3.8) is 0 Å². The van der Waals surface area contributed by atoms with Crippen molar-refractivity contribution in [3.8, 4) is 0 Å². The number of halogens is 1. The molecule has 0 radical (unpaired) electrons. The highest BCUT2D eigenvalue weighted by Gasteiger charge is 2.33. The van der Waals surface area contributed by atoms with Crippen molar-refractivity contribution in [2.75, 3.05) is 17.3 Å². The number of alkyl halides is 1. The van der Waals surface area contributed by atoms with Crippen molar-refractivity contribution in [2.24, 2.45) is 5.92 Å². The number of carbonyl (C=O) groups is 1. The maximum absolute atomic E-state index is 12.1. The van der Waals surface area contributed by atoms with E-state index in [1.54, 1.807) is 0 Å². The van der Waals surface area contributed by atoms with Gasteiger partial charge < -0.3 is 0 Å². The van der Waals surface area contributed by atoms with Crippen LogP contribution in [0.15, 0.2) is 6.07 Å². The normalized spacial score (nSPS) is 24.6. The first-order chi connectivity index (χ1) is 9.19. The van der Waals surface area contributed by atoms with Gasteiger partial charge in [-0.25, -0.2) is 4.68 Å². The number of hydrogen-bond donors (Lipinski definition) is 0. The lowest BCUT2D eigenvalue weighted by Crippen LogP contribution is -2.28. The molecule has 1 amide bonds. The van der Waals surface area contributed by atoms with Crippen LogP contribution in [0.25, 0.3) is 0 Å². The third kappa shape index (κ3) is 2.38. The Morgan fingerprint density at radius 3 is 2.79 bits per heavy atom. The average molecular weight is 282 g/mol. The monoisotopic (exact) mass is 281 g/mol. The Hall–Kier alpha value is -1.03. The molecule has 2 aliphatic rings. The van der Waals surface area contributed by atoms with Gasteiger partial charge >= 0.3 is 0 Å². The molecule has 3 rings (SSSR count). The first-order valence-electron chi connectivity index (χ1n) is 7.11. The van der Waals surface area contributed by atoms with Crippen molar-refractivity contribution in [3.05, 3.63) is 11.8 Å². The molecule has 104 valence electrons. The molecule has 4 nitrogen and oxygen atoms in total. The quantitative estimate of drug-likeness (QED) is 0.799. The highest BCUT2D eigenvalue weighted by Crippen LogP contribution is 2.35. The molecule has 1 saturated heterocycles. The van der Waals surface area contributed by atoms with E-state index in [2.05, 4.69) is 9.78 Å². The lowest BCUT2D eigenvalue weighted by atomic mass is 10.1. The summed E-state index contributed by atoms with van der Waals surface area (Å²) in [5.74, 6) is 1.99. The van der Waals surface area contributed by atoms with Gasteiger partial charge in [0.1, 0.15) is 5.82 Å². The first-order valence-corrected chi connectivity index (χ1v) is 7.65. The highest BCUT2D eigenvalue weighted by molar-refractivity contribution is 6.18. The minimum absolute atomic E-state index is 0.185. The molecule has 0 aromatic carbocycles. The molecule has 1 aliphatic heterocycles. The van der Waals surface area contributed by atoms with Gasteiger partial charge in [-0.3, -0.25) is 9.69 Å². The Labute approximate surface area is 118 Å². The summed E-state index contributed by atoms with van der Waals surface area (Å²) < 4.78 is 2.08. The summed E-state index contributed by atoms with van der Waals surface area (Å²) in [6.07, 6.45) is 5.45. The fourth-order valence-electron chi connectivity index (χ4n) is 3.23. The van der Waals surface area contributed by atoms with Crippen molar-refractivity contribution in [2.45, 2.75) is 45.1 Å². The number of aryl methyl sites for hydroxylation is 1. The van der Waals surface area contributed by atoms with Gasteiger partial charge in [0.2, 0.25) is 5.91 Å². The van der Waals surface area contributed by atoms with Crippen molar-refractivity contribution < 1.29 is 4.79 Å². The Kier molecular flexibility index (Phi) is 3.52. The number of carbonyl (C=O) groups excluding carboxylic acids is 1. The molecular weight excluding hydrogens is 262 g/mol. The number of aromatic nitrogens is 2. The molecule has 0 spiro atoms. The summed E-state index contributed by atoms with van der Waals surface area (Å²) in [4.78, 5) is 14.0. The summed E-state index contributed by atoms with van der Waals surface area (Å²) in [6.45, 7) is 2.73. The van der Waals surface area contributed by atoms with E-state index < -0.39 is 0 Å². The van der Waals surface area contributed by atoms with Crippen LogP contribution < -0.4 is 4.90 Å². The zero-order valence-corrected chi connectivity index (χ0v) is 12.1. The van der Waals surface area contributed by atoms with Crippen molar-refractivity contribution in [1.82, 2.24) is 9.78 Å². The van der Waals surface area contributed by atoms with Crippen LogP contribution in [-0.2, 0) is 4.79 Å². The van der Waals surface area contributed by atoms with E-state index in [-0.39, 0.29) is 11.8 Å². The van der Waals surface area contributed by atoms with Crippen LogP contribution in [-0.4, -0.2) is 28.1 Å². The molecule has 0 N–H and O–H groups in total. The molecule has 19 heavy (non-hydrogen) atoms. The van der Waals surface area contributed by atoms with Crippen molar-refractivity contribution >= 4 is 23.3 Å². The van der Waals surface area contributed by atoms with E-state index >= 15 is 0 Å². The number of nitrogens with zero attached hydrogens (tertiary/aromatic N) is 3. The Morgan fingerprint density at radius 1 is 1.42 bits per heavy atom. The second-order valence-electron chi connectivity index (χ2n) is 5.76. The second kappa shape index (κ2) is 5.16. The molecule has 2 fully saturated rings. The number of amides is 1. The molecule has 1 aromatic heterocycles. The van der Waals surface area contributed by atoms with Crippen LogP contribution in [0.3, 0.4) is 0 Å². The van der Waals surface area contributed by atoms with Crippen LogP contribution in [0.1, 0.15) is 43.8 Å². The summed E-state index contributed by atoms with van der Waals surface area (Å²) in [7, 11) is 0. The second-order valence-corrected chi connectivity index (χ2v) is 6.06. The minimum atomic E-state index is 0.185. The van der Waals surface area contributed by atoms with Crippen molar-refractivity contribution in [1.29, 1.82) is 0 Å². The Bertz CT molecular complexity index is 479. The van der Waals surface area contributed by atoms with E-state index in [0.717, 1.165) is 18.1 Å². The lowest BCUT2D eigenvalue weighted by molar-refractivity contribution is -0.117. The van der Waals surface area contributed by atoms with E-state index in [1.807, 2.05) is 17.9 Å². The largest absolute Gasteiger partial charge is 0.297 e. The molecule has 1 unspecified atom stereocenters. The van der Waals surface area contributed by atoms with E-state index in [9.17, 15) is 4.79 Å². The van der Waals surface area contributed by atoms with E-state index in [4.69, 9.17) is 11.6 Å². The number of rotatable bonds is 3. The van der Waals surface area contributed by atoms with Crippen LogP contribution in [0, 0.1) is 12.8 Å². The molecule has 1 aliphatic carbocycles. The van der Waals surface area contributed by atoms with E-state index in [1.165, 1.54) is 25.7 Å². The topological polar surface area (TPSA) is 38.1 Å². The molecular formula is C14H20ClN3O. The fourth-order valence-corrected chi connectivity index (χ4v) is 3.44. The Balaban J connectivity index is 1.89. The average Bonchev–Trinajstić information content (AvgIpc) is 3.07. The fraction of sp³-hybridized carbons (Fsp3) is 0.714. The maximum Gasteiger partial charge on any atom is 0.228 e. The van der Waals surface area contributed by atoms with Gasteiger partial charge in [-0.05, 0) is 25.7 Å². The summed E-state index contributed by atoms with van der Waals surface area (Å²) in [5, 5.41) is 4.61. The third-order valence-electron chi connectivity index (χ3n) is 4.21. The van der Waals surface area contributed by atoms with Gasteiger partial charge in [0.05, 0.1) is 11.7 Å². The number of anilines is 1. The molecule has 1 atom stereocenters. The van der Waals surface area contributed by atoms with Gasteiger partial charge in [-0.1, -0.05) is 12.8 Å². The smallest absolute Gasteiger partial charge is 0.228 e. The minimum Gasteiger partial charge on any atom is -0.297 e. The predicted octanol–water partition coefficient (Wildman–Crippen LogP) is 2.90. The Morgan fingerprint density at radius 2 is 2.16 bits per heavy atom. The van der Waals surface area contributed by atoms with Crippen LogP contribution in [0.2, 0.25) is 0 Å². The molecule has 1 aromatic rings. The summed E-state index contributed by atoms with van der Waals surface area (Å²) in [5.41, 5.74) is 0.990. The molecule has 1 saturated carbocycles. The van der Waals surface area contributed by atoms with Gasteiger partial charge in [-0.2, -0.15) is 5.10 Å².